The molecule has 0 saturated carbocycles. The third-order valence-electron chi connectivity index (χ3n) is 3.70. The second-order valence-electron chi connectivity index (χ2n) is 5.83. The average Bonchev–Trinajstić information content (AvgIpc) is 2.54. The van der Waals surface area contributed by atoms with Gasteiger partial charge in [0, 0.05) is 6.42 Å². The second kappa shape index (κ2) is 10.1. The number of hydrogen-bond donors (Lipinski definition) is 0. The van der Waals surface area contributed by atoms with Crippen molar-refractivity contribution < 1.29 is 49.0 Å². The Morgan fingerprint density at radius 2 is 1.48 bits per heavy atom. The summed E-state index contributed by atoms with van der Waals surface area (Å²) in [6, 6.07) is 0. The van der Waals surface area contributed by atoms with Gasteiger partial charge in [-0.1, -0.05) is 26.2 Å². The Kier molecular flexibility index (Phi) is 9.80. The molecule has 0 aliphatic carbocycles. The number of esters is 1. The van der Waals surface area contributed by atoms with Crippen molar-refractivity contribution in [2.24, 2.45) is 0 Å². The molecule has 0 saturated heterocycles. The maximum atomic E-state index is 13.4. The van der Waals surface area contributed by atoms with Crippen molar-refractivity contribution in [3.05, 3.63) is 0 Å². The zero-order valence-corrected chi connectivity index (χ0v) is 15.5. The largest absolute Gasteiger partial charge is 0.468 e. The van der Waals surface area contributed by atoms with Gasteiger partial charge in [0.05, 0.1) is 7.11 Å². The standard InChI is InChI=1S/C15H21F9O2S/c1-3-4-5-7-10(11(25)26-2)27-9-6-8-12(16,17)13(18,19)14(20,21)15(22,23)24/h10H,3-9H2,1-2H3. The number of ether oxygens (including phenoxy) is 1. The molecule has 1 atom stereocenters. The van der Waals surface area contributed by atoms with Gasteiger partial charge in [-0.2, -0.15) is 39.5 Å². The van der Waals surface area contributed by atoms with Gasteiger partial charge in [-0.05, 0) is 18.6 Å². The van der Waals surface area contributed by atoms with E-state index in [9.17, 15) is 44.3 Å². The molecule has 0 heterocycles. The Labute approximate surface area is 155 Å². The molecular formula is C15H21F9O2S. The van der Waals surface area contributed by atoms with Crippen molar-refractivity contribution in [1.82, 2.24) is 0 Å². The van der Waals surface area contributed by atoms with Crippen LogP contribution < -0.4 is 0 Å². The highest BCUT2D eigenvalue weighted by Crippen LogP contribution is 2.54. The van der Waals surface area contributed by atoms with E-state index in [1.54, 1.807) is 0 Å². The minimum Gasteiger partial charge on any atom is -0.468 e. The summed E-state index contributed by atoms with van der Waals surface area (Å²) in [4.78, 5) is 11.6. The van der Waals surface area contributed by atoms with Crippen molar-refractivity contribution in [3.63, 3.8) is 0 Å². The summed E-state index contributed by atoms with van der Waals surface area (Å²) in [6.07, 6.45) is -6.91. The molecule has 162 valence electrons. The van der Waals surface area contributed by atoms with Crippen molar-refractivity contribution in [3.8, 4) is 0 Å². The van der Waals surface area contributed by atoms with Crippen LogP contribution in [0.5, 0.6) is 0 Å². The molecule has 2 nitrogen and oxygen atoms in total. The first-order valence-electron chi connectivity index (χ1n) is 8.05. The van der Waals surface area contributed by atoms with E-state index in [-0.39, 0.29) is 5.75 Å². The number of thioether (sulfide) groups is 1. The van der Waals surface area contributed by atoms with Crippen LogP contribution in [0.4, 0.5) is 39.5 Å². The summed E-state index contributed by atoms with van der Waals surface area (Å²) in [7, 11) is 1.10. The number of methoxy groups -OCH3 is 1. The van der Waals surface area contributed by atoms with Crippen LogP contribution in [-0.2, 0) is 9.53 Å². The minimum absolute atomic E-state index is 0.310. The number of rotatable bonds is 12. The molecule has 0 aromatic rings. The number of carbonyl (C=O) groups is 1. The molecule has 1 unspecified atom stereocenters. The van der Waals surface area contributed by atoms with Gasteiger partial charge in [-0.25, -0.2) is 0 Å². The fourth-order valence-electron chi connectivity index (χ4n) is 2.06. The highest BCUT2D eigenvalue weighted by Gasteiger charge is 2.81. The summed E-state index contributed by atoms with van der Waals surface area (Å²) < 4.78 is 119. The summed E-state index contributed by atoms with van der Waals surface area (Å²) >= 11 is 0.807. The molecule has 12 heteroatoms. The summed E-state index contributed by atoms with van der Waals surface area (Å²) in [6.45, 7) is 1.90. The van der Waals surface area contributed by atoms with Gasteiger partial charge in [0.15, 0.2) is 0 Å². The Hall–Kier alpha value is -0.810. The Morgan fingerprint density at radius 3 is 1.93 bits per heavy atom. The van der Waals surface area contributed by atoms with Gasteiger partial charge >= 0.3 is 29.9 Å². The zero-order chi connectivity index (χ0) is 21.5. The number of halogens is 9. The SMILES string of the molecule is CCCCCC(SCCCC(F)(F)C(F)(F)C(F)(F)C(F)(F)F)C(=O)OC. The molecule has 0 rings (SSSR count). The summed E-state index contributed by atoms with van der Waals surface area (Å²) in [5, 5.41) is -0.757. The van der Waals surface area contributed by atoms with Crippen LogP contribution in [0.2, 0.25) is 0 Å². The lowest BCUT2D eigenvalue weighted by molar-refractivity contribution is -0.396. The number of alkyl halides is 9. The van der Waals surface area contributed by atoms with E-state index in [0.29, 0.717) is 12.8 Å². The molecule has 0 aliphatic heterocycles. The van der Waals surface area contributed by atoms with Gasteiger partial charge in [-0.15, -0.1) is 11.8 Å². The summed E-state index contributed by atoms with van der Waals surface area (Å²) in [5.41, 5.74) is 0. The van der Waals surface area contributed by atoms with E-state index < -0.39 is 48.0 Å². The van der Waals surface area contributed by atoms with Crippen LogP contribution >= 0.6 is 11.8 Å². The predicted octanol–water partition coefficient (Wildman–Crippen LogP) is 6.09. The van der Waals surface area contributed by atoms with E-state index in [1.165, 1.54) is 0 Å². The lowest BCUT2D eigenvalue weighted by Gasteiger charge is -2.33. The number of carbonyl (C=O) groups excluding carboxylic acids is 1. The van der Waals surface area contributed by atoms with Gasteiger partial charge < -0.3 is 4.74 Å². The third kappa shape index (κ3) is 6.63. The van der Waals surface area contributed by atoms with E-state index in [0.717, 1.165) is 31.7 Å². The van der Waals surface area contributed by atoms with Crippen molar-refractivity contribution in [1.29, 1.82) is 0 Å². The molecule has 0 aromatic heterocycles. The van der Waals surface area contributed by atoms with E-state index in [1.807, 2.05) is 6.92 Å². The van der Waals surface area contributed by atoms with Crippen LogP contribution in [-0.4, -0.2) is 48.0 Å². The smallest absolute Gasteiger partial charge is 0.460 e. The van der Waals surface area contributed by atoms with Crippen molar-refractivity contribution in [2.75, 3.05) is 12.9 Å². The van der Waals surface area contributed by atoms with Crippen molar-refractivity contribution in [2.45, 2.75) is 74.6 Å². The number of unbranched alkanes of at least 4 members (excludes halogenated alkanes) is 2. The highest BCUT2D eigenvalue weighted by molar-refractivity contribution is 8.00. The first-order valence-corrected chi connectivity index (χ1v) is 9.10. The molecule has 27 heavy (non-hydrogen) atoms. The van der Waals surface area contributed by atoms with Gasteiger partial charge in [-0.3, -0.25) is 4.79 Å². The molecule has 0 fully saturated rings. The quantitative estimate of drug-likeness (QED) is 0.210. The van der Waals surface area contributed by atoms with Crippen LogP contribution in [0.3, 0.4) is 0 Å². The molecule has 0 aliphatic rings. The highest BCUT2D eigenvalue weighted by atomic mass is 32.2. The van der Waals surface area contributed by atoms with Gasteiger partial charge in [0.25, 0.3) is 0 Å². The monoisotopic (exact) mass is 436 g/mol. The lowest BCUT2D eigenvalue weighted by atomic mass is 10.00. The molecule has 0 N–H and O–H groups in total. The first-order chi connectivity index (χ1) is 12.2. The predicted molar refractivity (Wildman–Crippen MR) is 82.5 cm³/mol. The Morgan fingerprint density at radius 1 is 0.926 bits per heavy atom. The average molecular weight is 436 g/mol. The fraction of sp³-hybridized carbons (Fsp3) is 0.933. The van der Waals surface area contributed by atoms with Crippen molar-refractivity contribution >= 4 is 17.7 Å². The maximum absolute atomic E-state index is 13.4. The summed E-state index contributed by atoms with van der Waals surface area (Å²) in [5.74, 6) is -20.0. The second-order valence-corrected chi connectivity index (χ2v) is 7.14. The molecule has 0 spiro atoms. The normalized spacial score (nSPS) is 14.9. The van der Waals surface area contributed by atoms with Crippen LogP contribution in [0, 0.1) is 0 Å². The van der Waals surface area contributed by atoms with E-state index in [4.69, 9.17) is 0 Å². The molecular weight excluding hydrogens is 415 g/mol. The fourth-order valence-corrected chi connectivity index (χ4v) is 3.23. The van der Waals surface area contributed by atoms with Gasteiger partial charge in [0.1, 0.15) is 5.25 Å². The molecule has 0 bridgehead atoms. The molecule has 0 aromatic carbocycles. The molecule has 0 radical (unpaired) electrons. The van der Waals surface area contributed by atoms with Crippen LogP contribution in [0.1, 0.15) is 45.4 Å². The van der Waals surface area contributed by atoms with Gasteiger partial charge in [0.2, 0.25) is 0 Å². The Bertz CT molecular complexity index is 467. The van der Waals surface area contributed by atoms with Crippen LogP contribution in [0.25, 0.3) is 0 Å². The minimum atomic E-state index is -6.87. The lowest BCUT2D eigenvalue weighted by Crippen LogP contribution is -2.60. The maximum Gasteiger partial charge on any atom is 0.460 e. The first kappa shape index (κ1) is 26.2. The third-order valence-corrected chi connectivity index (χ3v) is 5.05. The van der Waals surface area contributed by atoms with E-state index >= 15 is 0 Å². The zero-order valence-electron chi connectivity index (χ0n) is 14.7. The van der Waals surface area contributed by atoms with Crippen LogP contribution in [0.15, 0.2) is 0 Å². The molecule has 0 amide bonds. The Balaban J connectivity index is 4.82. The topological polar surface area (TPSA) is 26.3 Å². The number of hydrogen-bond acceptors (Lipinski definition) is 3. The van der Waals surface area contributed by atoms with E-state index in [2.05, 4.69) is 4.74 Å².